The molecule has 6 atom stereocenters. The molecular formula is C19H32O5S. The maximum Gasteiger partial charge on any atom is 0.305 e. The summed E-state index contributed by atoms with van der Waals surface area (Å²) in [5.41, 5.74) is 0. The van der Waals surface area contributed by atoms with Crippen molar-refractivity contribution in [1.82, 2.24) is 0 Å². The van der Waals surface area contributed by atoms with Crippen molar-refractivity contribution in [2.45, 2.75) is 80.7 Å². The third-order valence-electron chi connectivity index (χ3n) is 5.97. The monoisotopic (exact) mass is 372 g/mol. The van der Waals surface area contributed by atoms with Gasteiger partial charge >= 0.3 is 5.97 Å². The van der Waals surface area contributed by atoms with Gasteiger partial charge in [-0.3, -0.25) is 4.79 Å². The standard InChI is InChI=1S/C19H32O5S/c1-22-18(21)6-4-5-13-8-9-14-15(12-20)16(11-17(14)25-13)24-19-7-2-3-10-23-19/h13-17,19-20H,2-12H2,1H3/t13-,14+,15+,16+,17-,19?/m0/s1. The van der Waals surface area contributed by atoms with E-state index in [1.54, 1.807) is 0 Å². The number of ether oxygens (including phenoxy) is 3. The Kier molecular flexibility index (Phi) is 7.46. The van der Waals surface area contributed by atoms with Crippen LogP contribution in [0.25, 0.3) is 0 Å². The molecule has 2 aliphatic heterocycles. The average molecular weight is 373 g/mol. The average Bonchev–Trinajstić information content (AvgIpc) is 2.98. The molecule has 1 aliphatic carbocycles. The predicted octanol–water partition coefficient (Wildman–Crippen LogP) is 3.13. The van der Waals surface area contributed by atoms with Gasteiger partial charge in [-0.15, -0.1) is 0 Å². The highest BCUT2D eigenvalue weighted by Gasteiger charge is 2.47. The number of methoxy groups -OCH3 is 1. The van der Waals surface area contributed by atoms with Gasteiger partial charge in [-0.05, 0) is 57.3 Å². The summed E-state index contributed by atoms with van der Waals surface area (Å²) in [6, 6.07) is 0. The van der Waals surface area contributed by atoms with Crippen LogP contribution in [-0.2, 0) is 19.0 Å². The van der Waals surface area contributed by atoms with Crippen LogP contribution >= 0.6 is 11.8 Å². The van der Waals surface area contributed by atoms with Gasteiger partial charge in [-0.25, -0.2) is 0 Å². The summed E-state index contributed by atoms with van der Waals surface area (Å²) >= 11 is 2.06. The summed E-state index contributed by atoms with van der Waals surface area (Å²) in [7, 11) is 1.45. The highest BCUT2D eigenvalue weighted by atomic mass is 32.2. The molecular weight excluding hydrogens is 340 g/mol. The molecule has 25 heavy (non-hydrogen) atoms. The lowest BCUT2D eigenvalue weighted by atomic mass is 9.89. The zero-order chi connectivity index (χ0) is 17.6. The first kappa shape index (κ1) is 19.5. The van der Waals surface area contributed by atoms with E-state index >= 15 is 0 Å². The lowest BCUT2D eigenvalue weighted by molar-refractivity contribution is -0.197. The summed E-state index contributed by atoms with van der Waals surface area (Å²) in [4.78, 5) is 11.3. The van der Waals surface area contributed by atoms with Crippen LogP contribution in [0, 0.1) is 11.8 Å². The van der Waals surface area contributed by atoms with Crippen LogP contribution in [-0.4, -0.2) is 54.3 Å². The van der Waals surface area contributed by atoms with Gasteiger partial charge in [-0.2, -0.15) is 11.8 Å². The second-order valence-electron chi connectivity index (χ2n) is 7.56. The van der Waals surface area contributed by atoms with Gasteiger partial charge < -0.3 is 19.3 Å². The zero-order valence-electron chi connectivity index (χ0n) is 15.2. The Morgan fingerprint density at radius 2 is 2.16 bits per heavy atom. The van der Waals surface area contributed by atoms with Crippen LogP contribution in [0.15, 0.2) is 0 Å². The molecule has 3 fully saturated rings. The van der Waals surface area contributed by atoms with Gasteiger partial charge in [0.2, 0.25) is 0 Å². The smallest absolute Gasteiger partial charge is 0.305 e. The summed E-state index contributed by atoms with van der Waals surface area (Å²) < 4.78 is 16.7. The molecule has 0 spiro atoms. The molecule has 0 bridgehead atoms. The lowest BCUT2D eigenvalue weighted by Gasteiger charge is -2.34. The van der Waals surface area contributed by atoms with E-state index in [4.69, 9.17) is 14.2 Å². The highest BCUT2D eigenvalue weighted by molar-refractivity contribution is 8.00. The Bertz CT molecular complexity index is 426. The predicted molar refractivity (Wildman–Crippen MR) is 97.4 cm³/mol. The number of fused-ring (bicyclic) bond motifs is 1. The highest BCUT2D eigenvalue weighted by Crippen LogP contribution is 2.50. The van der Waals surface area contributed by atoms with Gasteiger partial charge in [-0.1, -0.05) is 0 Å². The molecule has 2 saturated heterocycles. The van der Waals surface area contributed by atoms with Crippen molar-refractivity contribution >= 4 is 17.7 Å². The molecule has 3 rings (SSSR count). The van der Waals surface area contributed by atoms with Crippen LogP contribution in [0.3, 0.4) is 0 Å². The topological polar surface area (TPSA) is 65.0 Å². The molecule has 6 heteroatoms. The molecule has 5 nitrogen and oxygen atoms in total. The number of hydrogen-bond acceptors (Lipinski definition) is 6. The molecule has 0 radical (unpaired) electrons. The maximum atomic E-state index is 11.3. The summed E-state index contributed by atoms with van der Waals surface area (Å²) in [5, 5.41) is 11.1. The van der Waals surface area contributed by atoms with E-state index < -0.39 is 0 Å². The van der Waals surface area contributed by atoms with Crippen molar-refractivity contribution in [2.24, 2.45) is 11.8 Å². The van der Waals surface area contributed by atoms with E-state index in [-0.39, 0.29) is 30.9 Å². The molecule has 1 unspecified atom stereocenters. The number of hydrogen-bond donors (Lipinski definition) is 1. The summed E-state index contributed by atoms with van der Waals surface area (Å²) in [6.45, 7) is 1.01. The Labute approximate surface area is 155 Å². The Hall–Kier alpha value is -0.300. The molecule has 1 saturated carbocycles. The molecule has 2 heterocycles. The van der Waals surface area contributed by atoms with E-state index in [0.717, 1.165) is 45.1 Å². The molecule has 1 N–H and O–H groups in total. The van der Waals surface area contributed by atoms with Gasteiger partial charge in [0, 0.05) is 36.1 Å². The largest absolute Gasteiger partial charge is 0.469 e. The fourth-order valence-corrected chi connectivity index (χ4v) is 6.50. The van der Waals surface area contributed by atoms with Crippen LogP contribution < -0.4 is 0 Å². The lowest BCUT2D eigenvalue weighted by Crippen LogP contribution is -2.33. The first-order valence-electron chi connectivity index (χ1n) is 9.81. The fraction of sp³-hybridized carbons (Fsp3) is 0.947. The van der Waals surface area contributed by atoms with Crippen LogP contribution in [0.2, 0.25) is 0 Å². The molecule has 0 aromatic heterocycles. The van der Waals surface area contributed by atoms with Gasteiger partial charge in [0.05, 0.1) is 13.2 Å². The first-order chi connectivity index (χ1) is 12.2. The van der Waals surface area contributed by atoms with Crippen molar-refractivity contribution in [1.29, 1.82) is 0 Å². The van der Waals surface area contributed by atoms with Gasteiger partial charge in [0.15, 0.2) is 6.29 Å². The van der Waals surface area contributed by atoms with Gasteiger partial charge in [0.1, 0.15) is 0 Å². The second kappa shape index (κ2) is 9.58. The number of esters is 1. The van der Waals surface area contributed by atoms with Crippen molar-refractivity contribution in [2.75, 3.05) is 20.3 Å². The third-order valence-corrected chi connectivity index (χ3v) is 7.72. The normalized spacial score (nSPS) is 38.3. The maximum absolute atomic E-state index is 11.3. The van der Waals surface area contributed by atoms with E-state index in [1.807, 2.05) is 0 Å². The number of rotatable bonds is 7. The SMILES string of the molecule is COC(=O)CCC[C@H]1CC[C@@H]2[C@@H](CO)[C@H](OC3CCCCO3)C[C@@H]2S1. The van der Waals surface area contributed by atoms with Crippen molar-refractivity contribution in [3.63, 3.8) is 0 Å². The fourth-order valence-electron chi connectivity index (χ4n) is 4.59. The van der Waals surface area contributed by atoms with Crippen LogP contribution in [0.4, 0.5) is 0 Å². The number of thioether (sulfide) groups is 1. The Balaban J connectivity index is 1.48. The van der Waals surface area contributed by atoms with E-state index in [9.17, 15) is 9.90 Å². The molecule has 3 aliphatic rings. The van der Waals surface area contributed by atoms with Crippen molar-refractivity contribution < 1.29 is 24.1 Å². The quantitative estimate of drug-likeness (QED) is 0.693. The first-order valence-corrected chi connectivity index (χ1v) is 10.8. The summed E-state index contributed by atoms with van der Waals surface area (Å²) in [5.74, 6) is 0.695. The number of carbonyl (C=O) groups is 1. The van der Waals surface area contributed by atoms with E-state index in [2.05, 4.69) is 11.8 Å². The third kappa shape index (κ3) is 5.12. The minimum absolute atomic E-state index is 0.0752. The van der Waals surface area contributed by atoms with E-state index in [1.165, 1.54) is 20.0 Å². The summed E-state index contributed by atoms with van der Waals surface area (Å²) in [6.07, 6.45) is 9.19. The van der Waals surface area contributed by atoms with Crippen molar-refractivity contribution in [3.8, 4) is 0 Å². The Morgan fingerprint density at radius 3 is 2.88 bits per heavy atom. The van der Waals surface area contributed by atoms with Crippen molar-refractivity contribution in [3.05, 3.63) is 0 Å². The molecule has 0 aromatic rings. The minimum Gasteiger partial charge on any atom is -0.469 e. The number of aliphatic hydroxyl groups excluding tert-OH is 1. The zero-order valence-corrected chi connectivity index (χ0v) is 16.0. The van der Waals surface area contributed by atoms with Crippen LogP contribution in [0.5, 0.6) is 0 Å². The Morgan fingerprint density at radius 1 is 1.28 bits per heavy atom. The second-order valence-corrected chi connectivity index (χ2v) is 9.10. The van der Waals surface area contributed by atoms with E-state index in [0.29, 0.717) is 22.8 Å². The van der Waals surface area contributed by atoms with Gasteiger partial charge in [0.25, 0.3) is 0 Å². The molecule has 144 valence electrons. The molecule has 0 aromatic carbocycles. The minimum atomic E-state index is -0.110. The number of carbonyl (C=O) groups excluding carboxylic acids is 1. The number of aliphatic hydroxyl groups is 1. The molecule has 0 amide bonds. The van der Waals surface area contributed by atoms with Crippen LogP contribution in [0.1, 0.15) is 57.8 Å².